The molecular weight excluding hydrogens is 232 g/mol. The highest BCUT2D eigenvalue weighted by molar-refractivity contribution is 5.74. The SMILES string of the molecule is CC(CO)(CCc1ccc(CCO)cc1)C(=O)O. The van der Waals surface area contributed by atoms with E-state index in [1.807, 2.05) is 24.3 Å². The molecule has 0 saturated heterocycles. The maximum absolute atomic E-state index is 11.0. The predicted molar refractivity (Wildman–Crippen MR) is 68.4 cm³/mol. The highest BCUT2D eigenvalue weighted by atomic mass is 16.4. The first-order valence-corrected chi connectivity index (χ1v) is 6.05. The van der Waals surface area contributed by atoms with Crippen LogP contribution < -0.4 is 0 Å². The van der Waals surface area contributed by atoms with Crippen LogP contribution in [0, 0.1) is 5.41 Å². The summed E-state index contributed by atoms with van der Waals surface area (Å²) in [5.74, 6) is -0.970. The Hall–Kier alpha value is -1.39. The Morgan fingerprint density at radius 2 is 1.61 bits per heavy atom. The average Bonchev–Trinajstić information content (AvgIpc) is 2.37. The number of aryl methyl sites for hydroxylation is 1. The van der Waals surface area contributed by atoms with Crippen LogP contribution in [0.25, 0.3) is 0 Å². The summed E-state index contributed by atoms with van der Waals surface area (Å²) in [6, 6.07) is 7.74. The summed E-state index contributed by atoms with van der Waals surface area (Å²) in [4.78, 5) is 11.0. The zero-order valence-corrected chi connectivity index (χ0v) is 10.6. The number of aliphatic hydroxyl groups excluding tert-OH is 2. The number of rotatable bonds is 7. The van der Waals surface area contributed by atoms with Gasteiger partial charge in [0, 0.05) is 6.61 Å². The molecule has 1 atom stereocenters. The van der Waals surface area contributed by atoms with Gasteiger partial charge >= 0.3 is 5.97 Å². The largest absolute Gasteiger partial charge is 0.481 e. The van der Waals surface area contributed by atoms with Crippen LogP contribution in [0.2, 0.25) is 0 Å². The lowest BCUT2D eigenvalue weighted by molar-refractivity contribution is -0.150. The molecule has 0 spiro atoms. The van der Waals surface area contributed by atoms with Gasteiger partial charge in [0.15, 0.2) is 0 Å². The van der Waals surface area contributed by atoms with Crippen LogP contribution >= 0.6 is 0 Å². The molecule has 4 nitrogen and oxygen atoms in total. The summed E-state index contributed by atoms with van der Waals surface area (Å²) < 4.78 is 0. The van der Waals surface area contributed by atoms with E-state index in [0.29, 0.717) is 19.3 Å². The number of hydrogen-bond donors (Lipinski definition) is 3. The van der Waals surface area contributed by atoms with Crippen LogP contribution in [0.5, 0.6) is 0 Å². The predicted octanol–water partition coefficient (Wildman–Crippen LogP) is 1.24. The van der Waals surface area contributed by atoms with Crippen LogP contribution in [-0.4, -0.2) is 34.5 Å². The van der Waals surface area contributed by atoms with Gasteiger partial charge in [0.1, 0.15) is 0 Å². The molecule has 0 amide bonds. The van der Waals surface area contributed by atoms with Crippen molar-refractivity contribution in [2.24, 2.45) is 5.41 Å². The third-order valence-electron chi connectivity index (χ3n) is 3.25. The minimum Gasteiger partial charge on any atom is -0.481 e. The van der Waals surface area contributed by atoms with Crippen molar-refractivity contribution >= 4 is 5.97 Å². The molecule has 18 heavy (non-hydrogen) atoms. The maximum Gasteiger partial charge on any atom is 0.311 e. The number of benzene rings is 1. The van der Waals surface area contributed by atoms with Crippen molar-refractivity contribution in [2.75, 3.05) is 13.2 Å². The first-order chi connectivity index (χ1) is 8.51. The summed E-state index contributed by atoms with van der Waals surface area (Å²) in [5, 5.41) is 27.0. The number of carbonyl (C=O) groups is 1. The molecular formula is C14H20O4. The van der Waals surface area contributed by atoms with Gasteiger partial charge in [-0.15, -0.1) is 0 Å². The van der Waals surface area contributed by atoms with E-state index in [1.165, 1.54) is 0 Å². The molecule has 0 heterocycles. The van der Waals surface area contributed by atoms with Gasteiger partial charge in [0.05, 0.1) is 12.0 Å². The van der Waals surface area contributed by atoms with Crippen molar-refractivity contribution in [3.8, 4) is 0 Å². The van der Waals surface area contributed by atoms with Crippen LogP contribution in [0.1, 0.15) is 24.5 Å². The quantitative estimate of drug-likeness (QED) is 0.682. The van der Waals surface area contributed by atoms with Gasteiger partial charge in [0.25, 0.3) is 0 Å². The van der Waals surface area contributed by atoms with E-state index in [-0.39, 0.29) is 13.2 Å². The fourth-order valence-electron chi connectivity index (χ4n) is 1.68. The van der Waals surface area contributed by atoms with Gasteiger partial charge in [0.2, 0.25) is 0 Å². The Labute approximate surface area is 107 Å². The van der Waals surface area contributed by atoms with Crippen molar-refractivity contribution in [1.29, 1.82) is 0 Å². The van der Waals surface area contributed by atoms with Crippen molar-refractivity contribution in [3.63, 3.8) is 0 Å². The Morgan fingerprint density at radius 1 is 1.11 bits per heavy atom. The molecule has 0 bridgehead atoms. The Balaban J connectivity index is 2.60. The third kappa shape index (κ3) is 3.82. The molecule has 1 rings (SSSR count). The molecule has 0 saturated carbocycles. The number of aliphatic hydroxyl groups is 2. The van der Waals surface area contributed by atoms with E-state index < -0.39 is 11.4 Å². The first-order valence-electron chi connectivity index (χ1n) is 6.05. The van der Waals surface area contributed by atoms with Gasteiger partial charge in [-0.25, -0.2) is 0 Å². The smallest absolute Gasteiger partial charge is 0.311 e. The fraction of sp³-hybridized carbons (Fsp3) is 0.500. The number of hydrogen-bond acceptors (Lipinski definition) is 3. The van der Waals surface area contributed by atoms with E-state index in [0.717, 1.165) is 11.1 Å². The molecule has 4 heteroatoms. The molecule has 0 fully saturated rings. The third-order valence-corrected chi connectivity index (χ3v) is 3.25. The van der Waals surface area contributed by atoms with Crippen molar-refractivity contribution < 1.29 is 20.1 Å². The van der Waals surface area contributed by atoms with Gasteiger partial charge in [-0.1, -0.05) is 24.3 Å². The lowest BCUT2D eigenvalue weighted by Crippen LogP contribution is -2.32. The van der Waals surface area contributed by atoms with E-state index in [1.54, 1.807) is 6.92 Å². The monoisotopic (exact) mass is 252 g/mol. The highest BCUT2D eigenvalue weighted by Crippen LogP contribution is 2.23. The van der Waals surface area contributed by atoms with E-state index in [9.17, 15) is 4.79 Å². The summed E-state index contributed by atoms with van der Waals surface area (Å²) in [5.41, 5.74) is 1.02. The summed E-state index contributed by atoms with van der Waals surface area (Å²) in [6.45, 7) is 1.32. The van der Waals surface area contributed by atoms with E-state index in [4.69, 9.17) is 15.3 Å². The zero-order valence-electron chi connectivity index (χ0n) is 10.6. The fourth-order valence-corrected chi connectivity index (χ4v) is 1.68. The van der Waals surface area contributed by atoms with Gasteiger partial charge in [-0.2, -0.15) is 0 Å². The number of carboxylic acids is 1. The van der Waals surface area contributed by atoms with Crippen LogP contribution in [0.3, 0.4) is 0 Å². The van der Waals surface area contributed by atoms with Gasteiger partial charge in [-0.05, 0) is 37.3 Å². The summed E-state index contributed by atoms with van der Waals surface area (Å²) in [7, 11) is 0. The van der Waals surface area contributed by atoms with E-state index >= 15 is 0 Å². The second-order valence-electron chi connectivity index (χ2n) is 4.81. The van der Waals surface area contributed by atoms with Crippen LogP contribution in [0.4, 0.5) is 0 Å². The Morgan fingerprint density at radius 3 is 2.00 bits per heavy atom. The molecule has 0 aliphatic carbocycles. The molecule has 0 aromatic heterocycles. The van der Waals surface area contributed by atoms with Crippen LogP contribution in [-0.2, 0) is 17.6 Å². The lowest BCUT2D eigenvalue weighted by Gasteiger charge is -2.21. The minimum absolute atomic E-state index is 0.126. The molecule has 1 aromatic carbocycles. The average molecular weight is 252 g/mol. The topological polar surface area (TPSA) is 77.8 Å². The molecule has 1 unspecified atom stereocenters. The molecule has 1 aromatic rings. The summed E-state index contributed by atoms with van der Waals surface area (Å²) in [6.07, 6.45) is 1.64. The maximum atomic E-state index is 11.0. The summed E-state index contributed by atoms with van der Waals surface area (Å²) >= 11 is 0. The van der Waals surface area contributed by atoms with Crippen molar-refractivity contribution in [1.82, 2.24) is 0 Å². The first kappa shape index (κ1) is 14.7. The zero-order chi connectivity index (χ0) is 13.6. The van der Waals surface area contributed by atoms with E-state index in [2.05, 4.69) is 0 Å². The number of aliphatic carboxylic acids is 1. The van der Waals surface area contributed by atoms with Gasteiger partial charge in [-0.3, -0.25) is 4.79 Å². The molecule has 0 radical (unpaired) electrons. The Bertz CT molecular complexity index is 385. The van der Waals surface area contributed by atoms with Crippen LogP contribution in [0.15, 0.2) is 24.3 Å². The second-order valence-corrected chi connectivity index (χ2v) is 4.81. The molecule has 0 aliphatic rings. The number of carboxylic acid groups (broad SMARTS) is 1. The van der Waals surface area contributed by atoms with Gasteiger partial charge < -0.3 is 15.3 Å². The normalized spacial score (nSPS) is 14.2. The minimum atomic E-state index is -1.08. The van der Waals surface area contributed by atoms with Crippen molar-refractivity contribution in [3.05, 3.63) is 35.4 Å². The molecule has 3 N–H and O–H groups in total. The molecule has 0 aliphatic heterocycles. The lowest BCUT2D eigenvalue weighted by atomic mass is 9.85. The van der Waals surface area contributed by atoms with Crippen molar-refractivity contribution in [2.45, 2.75) is 26.2 Å². The second kappa shape index (κ2) is 6.52. The standard InChI is InChI=1S/C14H20O4/c1-14(10-16,13(17)18)8-6-11-2-4-12(5-3-11)7-9-15/h2-5,15-16H,6-10H2,1H3,(H,17,18). The highest BCUT2D eigenvalue weighted by Gasteiger charge is 2.31. The Kier molecular flexibility index (Phi) is 5.31. The molecule has 100 valence electrons.